The summed E-state index contributed by atoms with van der Waals surface area (Å²) in [6.07, 6.45) is -3.87. The van der Waals surface area contributed by atoms with Crippen molar-refractivity contribution in [2.24, 2.45) is 0 Å². The zero-order chi connectivity index (χ0) is 15.2. The van der Waals surface area contributed by atoms with E-state index in [2.05, 4.69) is 15.4 Å². The monoisotopic (exact) mass is 290 g/mol. The summed E-state index contributed by atoms with van der Waals surface area (Å²) in [5.41, 5.74) is 0.253. The molecule has 1 aromatic rings. The molecule has 0 aliphatic carbocycles. The maximum absolute atomic E-state index is 12.1. The zero-order valence-corrected chi connectivity index (χ0v) is 11.3. The molecule has 112 valence electrons. The third-order valence-electron chi connectivity index (χ3n) is 2.57. The topological polar surface area (TPSA) is 50.4 Å². The van der Waals surface area contributed by atoms with Gasteiger partial charge in [0.05, 0.1) is 6.54 Å². The summed E-state index contributed by atoms with van der Waals surface area (Å²) in [5, 5.41) is 5.48. The second-order valence-electron chi connectivity index (χ2n) is 4.31. The Balaban J connectivity index is 2.55. The maximum atomic E-state index is 12.1. The van der Waals surface area contributed by atoms with E-state index in [1.165, 1.54) is 18.2 Å². The molecule has 0 radical (unpaired) electrons. The first kappa shape index (κ1) is 16.3. The van der Waals surface area contributed by atoms with Gasteiger partial charge in [0, 0.05) is 17.8 Å². The van der Waals surface area contributed by atoms with Crippen LogP contribution in [0.1, 0.15) is 20.3 Å². The first-order valence-corrected chi connectivity index (χ1v) is 6.19. The summed E-state index contributed by atoms with van der Waals surface area (Å²) >= 11 is 0. The van der Waals surface area contributed by atoms with Crippen molar-refractivity contribution in [2.75, 3.05) is 11.9 Å². The van der Waals surface area contributed by atoms with Crippen LogP contribution < -0.4 is 15.4 Å². The Morgan fingerprint density at radius 3 is 2.70 bits per heavy atom. The maximum Gasteiger partial charge on any atom is 0.573 e. The molecule has 1 amide bonds. The molecule has 7 heteroatoms. The first-order valence-electron chi connectivity index (χ1n) is 6.19. The largest absolute Gasteiger partial charge is 0.573 e. The molecule has 2 N–H and O–H groups in total. The number of carbonyl (C=O) groups excluding carboxylic acids is 1. The molecule has 20 heavy (non-hydrogen) atoms. The fourth-order valence-corrected chi connectivity index (χ4v) is 1.39. The second-order valence-corrected chi connectivity index (χ2v) is 4.31. The van der Waals surface area contributed by atoms with Crippen LogP contribution in [0.3, 0.4) is 0 Å². The molecule has 0 aliphatic heterocycles. The van der Waals surface area contributed by atoms with Gasteiger partial charge in [0.1, 0.15) is 5.75 Å². The fourth-order valence-electron chi connectivity index (χ4n) is 1.39. The molecule has 0 heterocycles. The molecule has 0 fully saturated rings. The van der Waals surface area contributed by atoms with Gasteiger partial charge in [-0.25, -0.2) is 0 Å². The molecular formula is C13H17F3N2O2. The number of halogens is 3. The third-order valence-corrected chi connectivity index (χ3v) is 2.57. The Hall–Kier alpha value is -1.76. The van der Waals surface area contributed by atoms with Gasteiger partial charge in [-0.15, -0.1) is 13.2 Å². The Labute approximate surface area is 115 Å². The highest BCUT2D eigenvalue weighted by atomic mass is 19.4. The number of anilines is 1. The minimum atomic E-state index is -4.75. The van der Waals surface area contributed by atoms with Gasteiger partial charge in [-0.05, 0) is 25.5 Å². The van der Waals surface area contributed by atoms with E-state index >= 15 is 0 Å². The number of benzene rings is 1. The molecule has 0 spiro atoms. The molecule has 1 atom stereocenters. The van der Waals surface area contributed by atoms with Gasteiger partial charge in [-0.3, -0.25) is 4.79 Å². The molecular weight excluding hydrogens is 273 g/mol. The Morgan fingerprint density at radius 2 is 2.10 bits per heavy atom. The predicted molar refractivity (Wildman–Crippen MR) is 69.5 cm³/mol. The van der Waals surface area contributed by atoms with Crippen LogP contribution >= 0.6 is 0 Å². The third kappa shape index (κ3) is 6.42. The van der Waals surface area contributed by atoms with Crippen LogP contribution in [0.25, 0.3) is 0 Å². The lowest BCUT2D eigenvalue weighted by Crippen LogP contribution is -2.33. The normalized spacial score (nSPS) is 12.8. The molecule has 0 bridgehead atoms. The average Bonchev–Trinajstić information content (AvgIpc) is 2.34. The van der Waals surface area contributed by atoms with Gasteiger partial charge in [-0.1, -0.05) is 13.0 Å². The van der Waals surface area contributed by atoms with E-state index in [-0.39, 0.29) is 29.9 Å². The number of amides is 1. The predicted octanol–water partition coefficient (Wildman–Crippen LogP) is 2.91. The Bertz CT molecular complexity index is 449. The first-order chi connectivity index (χ1) is 9.30. The van der Waals surface area contributed by atoms with Crippen molar-refractivity contribution >= 4 is 11.6 Å². The van der Waals surface area contributed by atoms with Gasteiger partial charge in [0.25, 0.3) is 0 Å². The van der Waals surface area contributed by atoms with Crippen LogP contribution in [0.4, 0.5) is 18.9 Å². The molecule has 0 saturated carbocycles. The van der Waals surface area contributed by atoms with Crippen molar-refractivity contribution in [1.29, 1.82) is 0 Å². The number of ether oxygens (including phenoxy) is 1. The minimum absolute atomic E-state index is 0.0966. The van der Waals surface area contributed by atoms with Gasteiger partial charge >= 0.3 is 6.36 Å². The number of hydrogen-bond acceptors (Lipinski definition) is 3. The highest BCUT2D eigenvalue weighted by Gasteiger charge is 2.31. The summed E-state index contributed by atoms with van der Waals surface area (Å²) in [4.78, 5) is 11.6. The average molecular weight is 290 g/mol. The van der Waals surface area contributed by atoms with Gasteiger partial charge in [-0.2, -0.15) is 0 Å². The highest BCUT2D eigenvalue weighted by Crippen LogP contribution is 2.24. The molecule has 0 saturated heterocycles. The quantitative estimate of drug-likeness (QED) is 0.847. The van der Waals surface area contributed by atoms with E-state index in [1.54, 1.807) is 0 Å². The van der Waals surface area contributed by atoms with Crippen molar-refractivity contribution < 1.29 is 22.7 Å². The molecule has 1 rings (SSSR count). The molecule has 1 aromatic carbocycles. The van der Waals surface area contributed by atoms with Crippen molar-refractivity contribution in [1.82, 2.24) is 5.32 Å². The number of alkyl halides is 3. The molecule has 0 aromatic heterocycles. The zero-order valence-electron chi connectivity index (χ0n) is 11.3. The van der Waals surface area contributed by atoms with Crippen LogP contribution in [-0.4, -0.2) is 24.9 Å². The number of rotatable bonds is 6. The van der Waals surface area contributed by atoms with E-state index in [9.17, 15) is 18.0 Å². The van der Waals surface area contributed by atoms with E-state index in [4.69, 9.17) is 0 Å². The van der Waals surface area contributed by atoms with Crippen LogP contribution in [0, 0.1) is 0 Å². The summed E-state index contributed by atoms with van der Waals surface area (Å²) in [5.74, 6) is -0.695. The van der Waals surface area contributed by atoms with Gasteiger partial charge < -0.3 is 15.4 Å². The Morgan fingerprint density at radius 1 is 1.40 bits per heavy atom. The number of carbonyl (C=O) groups is 1. The molecule has 0 aliphatic rings. The Kier molecular flexibility index (Phi) is 5.82. The van der Waals surface area contributed by atoms with Crippen molar-refractivity contribution in [3.05, 3.63) is 24.3 Å². The standard InChI is InChI=1S/C13H17F3N2O2/c1-3-9(2)17-8-12(19)18-10-5-4-6-11(7-10)20-13(14,15)16/h4-7,9,17H,3,8H2,1-2H3,(H,18,19). The lowest BCUT2D eigenvalue weighted by Gasteiger charge is -2.12. The van der Waals surface area contributed by atoms with E-state index in [0.29, 0.717) is 0 Å². The highest BCUT2D eigenvalue weighted by molar-refractivity contribution is 5.92. The smallest absolute Gasteiger partial charge is 0.406 e. The summed E-state index contributed by atoms with van der Waals surface area (Å²) in [6, 6.07) is 5.35. The second kappa shape index (κ2) is 7.14. The van der Waals surface area contributed by atoms with Crippen LogP contribution in [0.5, 0.6) is 5.75 Å². The van der Waals surface area contributed by atoms with Crippen molar-refractivity contribution in [3.8, 4) is 5.75 Å². The van der Waals surface area contributed by atoms with Gasteiger partial charge in [0.15, 0.2) is 0 Å². The van der Waals surface area contributed by atoms with E-state index in [0.717, 1.165) is 12.5 Å². The summed E-state index contributed by atoms with van der Waals surface area (Å²) < 4.78 is 40.0. The lowest BCUT2D eigenvalue weighted by molar-refractivity contribution is -0.274. The fraction of sp³-hybridized carbons (Fsp3) is 0.462. The van der Waals surface area contributed by atoms with E-state index < -0.39 is 6.36 Å². The van der Waals surface area contributed by atoms with Crippen LogP contribution in [0.15, 0.2) is 24.3 Å². The number of hydrogen-bond donors (Lipinski definition) is 2. The van der Waals surface area contributed by atoms with Crippen LogP contribution in [0.2, 0.25) is 0 Å². The molecule has 4 nitrogen and oxygen atoms in total. The summed E-state index contributed by atoms with van der Waals surface area (Å²) in [7, 11) is 0. The minimum Gasteiger partial charge on any atom is -0.406 e. The van der Waals surface area contributed by atoms with Crippen molar-refractivity contribution in [3.63, 3.8) is 0 Å². The summed E-state index contributed by atoms with van der Waals surface area (Å²) in [6.45, 7) is 4.01. The lowest BCUT2D eigenvalue weighted by atomic mass is 10.2. The van der Waals surface area contributed by atoms with E-state index in [1.807, 2.05) is 13.8 Å². The SMILES string of the molecule is CCC(C)NCC(=O)Nc1cccc(OC(F)(F)F)c1. The van der Waals surface area contributed by atoms with Gasteiger partial charge in [0.2, 0.25) is 5.91 Å². The number of nitrogens with one attached hydrogen (secondary N) is 2. The van der Waals surface area contributed by atoms with Crippen molar-refractivity contribution in [2.45, 2.75) is 32.7 Å². The van der Waals surface area contributed by atoms with Crippen LogP contribution in [-0.2, 0) is 4.79 Å². The molecule has 1 unspecified atom stereocenters.